The SMILES string of the molecule is c1ccc2c(c1)Sc1ccccc1C21c2ccccc2-c2cc(N(c3ccc(-c4ccc5c(c4)oc4ccccc45)cc3)c3ccc4c(c3)-c3ccccc3C43c4ccccc4Sc4ccccc43)ccc21. The van der Waals surface area contributed by atoms with Crippen LogP contribution in [0.4, 0.5) is 17.1 Å². The van der Waals surface area contributed by atoms with E-state index in [1.54, 1.807) is 0 Å². The molecule has 11 aromatic carbocycles. The van der Waals surface area contributed by atoms with Crippen molar-refractivity contribution >= 4 is 62.5 Å². The molecule has 0 N–H and O–H groups in total. The topological polar surface area (TPSA) is 16.4 Å². The second-order valence-electron chi connectivity index (χ2n) is 19.4. The summed E-state index contributed by atoms with van der Waals surface area (Å²) in [6.07, 6.45) is 0. The van der Waals surface area contributed by atoms with E-state index in [-0.39, 0.29) is 0 Å². The van der Waals surface area contributed by atoms with Crippen LogP contribution in [-0.4, -0.2) is 0 Å². The highest BCUT2D eigenvalue weighted by molar-refractivity contribution is 7.99. The maximum atomic E-state index is 6.37. The summed E-state index contributed by atoms with van der Waals surface area (Å²) in [5.74, 6) is 0. The third kappa shape index (κ3) is 5.38. The maximum Gasteiger partial charge on any atom is 0.136 e. The number of nitrogens with zero attached hydrogens (tertiary/aromatic N) is 1. The minimum atomic E-state index is -0.452. The van der Waals surface area contributed by atoms with E-state index in [4.69, 9.17) is 4.42 Å². The molecule has 2 nitrogen and oxygen atoms in total. The number of hydrogen-bond acceptors (Lipinski definition) is 4. The standard InChI is InChI=1S/C68H41NOS2/c1-4-18-53-47(15-1)51-40-45(34-37-55(51)67(53)57-20-6-11-25-63(57)71-64-26-12-7-21-58(64)67)69(44-32-29-42(30-33-44)43-31-36-50-49-17-3-10-24-61(49)70-62(50)39-43)46-35-38-56-52(41-46)48-16-2-5-19-54(48)68(56)59-22-8-13-27-65(59)72-66-28-14-9-23-60(66)68/h1-41H. The van der Waals surface area contributed by atoms with Crippen molar-refractivity contribution < 1.29 is 4.42 Å². The smallest absolute Gasteiger partial charge is 0.136 e. The summed E-state index contributed by atoms with van der Waals surface area (Å²) >= 11 is 3.77. The molecular weight excluding hydrogens is 911 g/mol. The van der Waals surface area contributed by atoms with Gasteiger partial charge in [0.2, 0.25) is 0 Å². The molecule has 0 unspecified atom stereocenters. The fourth-order valence-electron chi connectivity index (χ4n) is 13.1. The quantitative estimate of drug-likeness (QED) is 0.175. The number of furan rings is 1. The van der Waals surface area contributed by atoms with Gasteiger partial charge >= 0.3 is 0 Å². The Morgan fingerprint density at radius 3 is 1.18 bits per heavy atom. The van der Waals surface area contributed by atoms with Gasteiger partial charge in [-0.25, -0.2) is 0 Å². The van der Waals surface area contributed by atoms with Crippen molar-refractivity contribution in [1.29, 1.82) is 0 Å². The van der Waals surface area contributed by atoms with E-state index in [0.29, 0.717) is 0 Å². The van der Waals surface area contributed by atoms with E-state index in [1.165, 1.54) is 86.3 Å². The van der Waals surface area contributed by atoms with Crippen LogP contribution in [-0.2, 0) is 10.8 Å². The largest absolute Gasteiger partial charge is 0.456 e. The van der Waals surface area contributed by atoms with Crippen LogP contribution >= 0.6 is 23.5 Å². The van der Waals surface area contributed by atoms with Crippen molar-refractivity contribution in [1.82, 2.24) is 0 Å². The van der Waals surface area contributed by atoms with Crippen molar-refractivity contribution in [2.24, 2.45) is 0 Å². The van der Waals surface area contributed by atoms with Crippen LogP contribution < -0.4 is 4.90 Å². The number of rotatable bonds is 4. The van der Waals surface area contributed by atoms with Gasteiger partial charge in [-0.15, -0.1) is 0 Å². The Morgan fingerprint density at radius 2 is 0.667 bits per heavy atom. The molecule has 1 aromatic heterocycles. The summed E-state index contributed by atoms with van der Waals surface area (Å²) in [5, 5.41) is 2.28. The molecular formula is C68H41NOS2. The summed E-state index contributed by atoms with van der Waals surface area (Å²) in [6.45, 7) is 0. The summed E-state index contributed by atoms with van der Waals surface area (Å²) < 4.78 is 6.37. The predicted octanol–water partition coefficient (Wildman–Crippen LogP) is 18.4. The Labute approximate surface area is 426 Å². The first-order valence-electron chi connectivity index (χ1n) is 24.7. The molecule has 2 aliphatic carbocycles. The van der Waals surface area contributed by atoms with Gasteiger partial charge < -0.3 is 9.32 Å². The van der Waals surface area contributed by atoms with E-state index < -0.39 is 10.8 Å². The van der Waals surface area contributed by atoms with E-state index >= 15 is 0 Å². The lowest BCUT2D eigenvalue weighted by atomic mass is 9.67. The summed E-state index contributed by atoms with van der Waals surface area (Å²) in [6, 6.07) is 93.0. The van der Waals surface area contributed by atoms with Gasteiger partial charge in [-0.05, 0) is 157 Å². The normalized spacial score (nSPS) is 14.5. The molecule has 0 saturated heterocycles. The molecule has 0 fully saturated rings. The molecule has 0 atom stereocenters. The molecule has 12 aromatic rings. The van der Waals surface area contributed by atoms with E-state index in [9.17, 15) is 0 Å². The Kier molecular flexibility index (Phi) is 8.49. The third-order valence-electron chi connectivity index (χ3n) is 16.0. The Bertz CT molecular complexity index is 3970. The molecule has 3 heterocycles. The Hall–Kier alpha value is -8.28. The van der Waals surface area contributed by atoms with E-state index in [2.05, 4.69) is 241 Å². The molecule has 0 radical (unpaired) electrons. The monoisotopic (exact) mass is 951 g/mol. The maximum absolute atomic E-state index is 6.37. The first-order chi connectivity index (χ1) is 35.7. The lowest BCUT2D eigenvalue weighted by Gasteiger charge is -2.40. The molecule has 336 valence electrons. The predicted molar refractivity (Wildman–Crippen MR) is 297 cm³/mol. The average Bonchev–Trinajstić information content (AvgIpc) is 4.06. The molecule has 16 rings (SSSR count). The minimum Gasteiger partial charge on any atom is -0.456 e. The van der Waals surface area contributed by atoms with Gasteiger partial charge in [0.05, 0.1) is 10.8 Å². The van der Waals surface area contributed by atoms with Gasteiger partial charge in [-0.3, -0.25) is 0 Å². The van der Waals surface area contributed by atoms with Crippen LogP contribution in [0.3, 0.4) is 0 Å². The highest BCUT2D eigenvalue weighted by atomic mass is 32.2. The number of benzene rings is 11. The second-order valence-corrected chi connectivity index (χ2v) is 21.6. The van der Waals surface area contributed by atoms with Crippen LogP contribution in [0.15, 0.2) is 273 Å². The Morgan fingerprint density at radius 1 is 0.278 bits per heavy atom. The zero-order valence-electron chi connectivity index (χ0n) is 38.8. The summed E-state index contributed by atoms with van der Waals surface area (Å²) in [5.41, 5.74) is 22.2. The fourth-order valence-corrected chi connectivity index (χ4v) is 15.5. The number of para-hydroxylation sites is 1. The Balaban J connectivity index is 0.911. The lowest BCUT2D eigenvalue weighted by Crippen LogP contribution is -2.32. The molecule has 4 heteroatoms. The average molecular weight is 952 g/mol. The molecule has 0 bridgehead atoms. The van der Waals surface area contributed by atoms with Crippen molar-refractivity contribution in [2.75, 3.05) is 4.90 Å². The van der Waals surface area contributed by atoms with Gasteiger partial charge in [0.25, 0.3) is 0 Å². The number of anilines is 3. The first kappa shape index (κ1) is 40.4. The highest BCUT2D eigenvalue weighted by Crippen LogP contribution is 2.65. The minimum absolute atomic E-state index is 0.452. The van der Waals surface area contributed by atoms with Crippen LogP contribution in [0.5, 0.6) is 0 Å². The first-order valence-corrected chi connectivity index (χ1v) is 26.4. The fraction of sp³-hybridized carbons (Fsp3) is 0.0294. The van der Waals surface area contributed by atoms with Gasteiger partial charge in [0, 0.05) is 47.4 Å². The van der Waals surface area contributed by atoms with Crippen molar-refractivity contribution in [2.45, 2.75) is 30.4 Å². The van der Waals surface area contributed by atoms with E-state index in [0.717, 1.165) is 50.1 Å². The molecule has 4 aliphatic rings. The zero-order valence-corrected chi connectivity index (χ0v) is 40.5. The van der Waals surface area contributed by atoms with Crippen LogP contribution in [0.1, 0.15) is 44.5 Å². The molecule has 72 heavy (non-hydrogen) atoms. The van der Waals surface area contributed by atoms with Crippen LogP contribution in [0, 0.1) is 0 Å². The van der Waals surface area contributed by atoms with Gasteiger partial charge in [0.1, 0.15) is 11.2 Å². The van der Waals surface area contributed by atoms with Gasteiger partial charge in [-0.1, -0.05) is 193 Å². The van der Waals surface area contributed by atoms with Crippen LogP contribution in [0.2, 0.25) is 0 Å². The van der Waals surface area contributed by atoms with Crippen molar-refractivity contribution in [3.8, 4) is 33.4 Å². The van der Waals surface area contributed by atoms with Crippen LogP contribution in [0.25, 0.3) is 55.3 Å². The zero-order chi connectivity index (χ0) is 47.1. The highest BCUT2D eigenvalue weighted by Gasteiger charge is 2.52. The van der Waals surface area contributed by atoms with Gasteiger partial charge in [0.15, 0.2) is 0 Å². The molecule has 0 amide bonds. The molecule has 2 spiro atoms. The van der Waals surface area contributed by atoms with E-state index in [1.807, 2.05) is 35.7 Å². The van der Waals surface area contributed by atoms with Crippen molar-refractivity contribution in [3.05, 3.63) is 293 Å². The number of hydrogen-bond donors (Lipinski definition) is 0. The second kappa shape index (κ2) is 15.1. The third-order valence-corrected chi connectivity index (χ3v) is 18.3. The summed E-state index contributed by atoms with van der Waals surface area (Å²) in [4.78, 5) is 7.71. The molecule has 2 aliphatic heterocycles. The molecule has 0 saturated carbocycles. The number of fused-ring (bicyclic) bond motifs is 21. The summed E-state index contributed by atoms with van der Waals surface area (Å²) in [7, 11) is 0. The van der Waals surface area contributed by atoms with Crippen molar-refractivity contribution in [3.63, 3.8) is 0 Å². The van der Waals surface area contributed by atoms with Gasteiger partial charge in [-0.2, -0.15) is 0 Å². The lowest BCUT2D eigenvalue weighted by molar-refractivity contribution is 0.669.